The van der Waals surface area contributed by atoms with Crippen LogP contribution < -0.4 is 5.32 Å². The lowest BCUT2D eigenvalue weighted by Gasteiger charge is -2.26. The molecule has 3 heteroatoms. The summed E-state index contributed by atoms with van der Waals surface area (Å²) in [5, 5.41) is 3.59. The molecule has 0 aromatic heterocycles. The van der Waals surface area contributed by atoms with Gasteiger partial charge in [-0.1, -0.05) is 42.1 Å². The highest BCUT2D eigenvalue weighted by Gasteiger charge is 2.24. The van der Waals surface area contributed by atoms with E-state index in [9.17, 15) is 4.39 Å². The molecule has 1 aliphatic rings. The molecule has 0 radical (unpaired) electrons. The lowest BCUT2D eigenvalue weighted by atomic mass is 9.83. The van der Waals surface area contributed by atoms with E-state index in [1.165, 1.54) is 44.6 Å². The highest BCUT2D eigenvalue weighted by atomic mass is 79.9. The van der Waals surface area contributed by atoms with Crippen molar-refractivity contribution in [2.24, 2.45) is 11.8 Å². The standard InChI is InChI=1S/C18H27BrFN/c1-2-10-21-13-15-7-5-3-4-6-14(15)11-16-12-17(20)8-9-18(16)19/h8-9,12,14-15,21H,2-7,10-11,13H2,1H3. The van der Waals surface area contributed by atoms with Crippen LogP contribution in [-0.4, -0.2) is 13.1 Å². The molecule has 1 fully saturated rings. The Balaban J connectivity index is 2.03. The quantitative estimate of drug-likeness (QED) is 0.537. The first-order chi connectivity index (χ1) is 10.2. The molecule has 0 heterocycles. The summed E-state index contributed by atoms with van der Waals surface area (Å²) in [7, 11) is 0. The van der Waals surface area contributed by atoms with Crippen molar-refractivity contribution in [1.82, 2.24) is 5.32 Å². The van der Waals surface area contributed by atoms with E-state index in [0.29, 0.717) is 5.92 Å². The van der Waals surface area contributed by atoms with Crippen LogP contribution in [0.2, 0.25) is 0 Å². The highest BCUT2D eigenvalue weighted by Crippen LogP contribution is 2.33. The molecule has 2 rings (SSSR count). The van der Waals surface area contributed by atoms with Crippen LogP contribution in [0.5, 0.6) is 0 Å². The Morgan fingerprint density at radius 2 is 1.95 bits per heavy atom. The van der Waals surface area contributed by atoms with E-state index in [1.807, 2.05) is 6.07 Å². The zero-order valence-electron chi connectivity index (χ0n) is 13.0. The predicted octanol–water partition coefficient (Wildman–Crippen LogP) is 5.33. The van der Waals surface area contributed by atoms with Crippen molar-refractivity contribution in [3.8, 4) is 0 Å². The fourth-order valence-electron chi connectivity index (χ4n) is 3.45. The second kappa shape index (κ2) is 8.89. The maximum atomic E-state index is 13.5. The maximum absolute atomic E-state index is 13.5. The molecular formula is C18H27BrFN. The van der Waals surface area contributed by atoms with E-state index < -0.39 is 0 Å². The van der Waals surface area contributed by atoms with Gasteiger partial charge < -0.3 is 5.32 Å². The third-order valence-corrected chi connectivity index (χ3v) is 5.41. The van der Waals surface area contributed by atoms with E-state index in [1.54, 1.807) is 6.07 Å². The first-order valence-electron chi connectivity index (χ1n) is 8.35. The monoisotopic (exact) mass is 355 g/mol. The molecular weight excluding hydrogens is 329 g/mol. The molecule has 21 heavy (non-hydrogen) atoms. The van der Waals surface area contributed by atoms with Crippen LogP contribution in [0.3, 0.4) is 0 Å². The molecule has 1 aliphatic carbocycles. The Morgan fingerprint density at radius 1 is 1.19 bits per heavy atom. The van der Waals surface area contributed by atoms with Gasteiger partial charge in [0.2, 0.25) is 0 Å². The number of nitrogens with one attached hydrogen (secondary N) is 1. The summed E-state index contributed by atoms with van der Waals surface area (Å²) in [5.74, 6) is 1.28. The number of hydrogen-bond acceptors (Lipinski definition) is 1. The van der Waals surface area contributed by atoms with E-state index in [-0.39, 0.29) is 5.82 Å². The minimum Gasteiger partial charge on any atom is -0.316 e. The van der Waals surface area contributed by atoms with Gasteiger partial charge in [-0.3, -0.25) is 0 Å². The molecule has 0 spiro atoms. The van der Waals surface area contributed by atoms with Gasteiger partial charge in [0.1, 0.15) is 5.82 Å². The van der Waals surface area contributed by atoms with Gasteiger partial charge >= 0.3 is 0 Å². The van der Waals surface area contributed by atoms with Crippen LogP contribution in [-0.2, 0) is 6.42 Å². The average Bonchev–Trinajstić information content (AvgIpc) is 2.69. The van der Waals surface area contributed by atoms with Crippen molar-refractivity contribution in [3.63, 3.8) is 0 Å². The third-order valence-electron chi connectivity index (χ3n) is 4.64. The summed E-state index contributed by atoms with van der Waals surface area (Å²) in [6.07, 6.45) is 8.80. The van der Waals surface area contributed by atoms with Crippen LogP contribution >= 0.6 is 15.9 Å². The Morgan fingerprint density at radius 3 is 2.71 bits per heavy atom. The Kier molecular flexibility index (Phi) is 7.18. The molecule has 1 N–H and O–H groups in total. The topological polar surface area (TPSA) is 12.0 Å². The van der Waals surface area contributed by atoms with Gasteiger partial charge in [0.15, 0.2) is 0 Å². The molecule has 0 saturated heterocycles. The largest absolute Gasteiger partial charge is 0.316 e. The molecule has 118 valence electrons. The summed E-state index contributed by atoms with van der Waals surface area (Å²) in [6.45, 7) is 4.43. The van der Waals surface area contributed by atoms with Gasteiger partial charge in [0.25, 0.3) is 0 Å². The summed E-state index contributed by atoms with van der Waals surface area (Å²) in [4.78, 5) is 0. The predicted molar refractivity (Wildman–Crippen MR) is 91.0 cm³/mol. The van der Waals surface area contributed by atoms with Crippen LogP contribution in [0.1, 0.15) is 51.0 Å². The molecule has 0 aliphatic heterocycles. The van der Waals surface area contributed by atoms with E-state index in [0.717, 1.165) is 35.5 Å². The van der Waals surface area contributed by atoms with Gasteiger partial charge in [-0.2, -0.15) is 0 Å². The minimum atomic E-state index is -0.123. The normalized spacial score (nSPS) is 23.0. The van der Waals surface area contributed by atoms with Crippen molar-refractivity contribution >= 4 is 15.9 Å². The SMILES string of the molecule is CCCNCC1CCCCCC1Cc1cc(F)ccc1Br. The summed E-state index contributed by atoms with van der Waals surface area (Å²) >= 11 is 3.58. The average molecular weight is 356 g/mol. The zero-order valence-corrected chi connectivity index (χ0v) is 14.6. The fourth-order valence-corrected chi connectivity index (χ4v) is 3.85. The lowest BCUT2D eigenvalue weighted by molar-refractivity contribution is 0.297. The summed E-state index contributed by atoms with van der Waals surface area (Å²) < 4.78 is 14.5. The third kappa shape index (κ3) is 5.37. The second-order valence-corrected chi connectivity index (χ2v) is 7.16. The van der Waals surface area contributed by atoms with Crippen molar-refractivity contribution in [2.75, 3.05) is 13.1 Å². The molecule has 0 bridgehead atoms. The van der Waals surface area contributed by atoms with E-state index in [4.69, 9.17) is 0 Å². The Bertz CT molecular complexity index is 435. The van der Waals surface area contributed by atoms with E-state index >= 15 is 0 Å². The van der Waals surface area contributed by atoms with Crippen LogP contribution in [0, 0.1) is 17.7 Å². The molecule has 2 unspecified atom stereocenters. The Labute approximate surface area is 136 Å². The van der Waals surface area contributed by atoms with Crippen molar-refractivity contribution < 1.29 is 4.39 Å². The smallest absolute Gasteiger partial charge is 0.123 e. The number of hydrogen-bond donors (Lipinski definition) is 1. The Hall–Kier alpha value is -0.410. The summed E-state index contributed by atoms with van der Waals surface area (Å²) in [6, 6.07) is 5.07. The van der Waals surface area contributed by atoms with Crippen LogP contribution in [0.25, 0.3) is 0 Å². The van der Waals surface area contributed by atoms with Gasteiger partial charge in [0.05, 0.1) is 0 Å². The van der Waals surface area contributed by atoms with Gasteiger partial charge in [-0.25, -0.2) is 4.39 Å². The van der Waals surface area contributed by atoms with Gasteiger partial charge in [0, 0.05) is 4.47 Å². The van der Waals surface area contributed by atoms with Crippen LogP contribution in [0.15, 0.2) is 22.7 Å². The molecule has 0 amide bonds. The highest BCUT2D eigenvalue weighted by molar-refractivity contribution is 9.10. The number of rotatable bonds is 6. The van der Waals surface area contributed by atoms with Crippen molar-refractivity contribution in [2.45, 2.75) is 51.9 Å². The molecule has 1 saturated carbocycles. The van der Waals surface area contributed by atoms with E-state index in [2.05, 4.69) is 28.2 Å². The fraction of sp³-hybridized carbons (Fsp3) is 0.667. The van der Waals surface area contributed by atoms with Crippen molar-refractivity contribution in [3.05, 3.63) is 34.1 Å². The second-order valence-electron chi connectivity index (χ2n) is 6.30. The van der Waals surface area contributed by atoms with Crippen molar-refractivity contribution in [1.29, 1.82) is 0 Å². The lowest BCUT2D eigenvalue weighted by Crippen LogP contribution is -2.29. The first kappa shape index (κ1) is 17.0. The molecule has 2 atom stereocenters. The molecule has 1 aromatic carbocycles. The van der Waals surface area contributed by atoms with Crippen LogP contribution in [0.4, 0.5) is 4.39 Å². The van der Waals surface area contributed by atoms with Gasteiger partial charge in [-0.15, -0.1) is 0 Å². The summed E-state index contributed by atoms with van der Waals surface area (Å²) in [5.41, 5.74) is 1.13. The number of halogens is 2. The first-order valence-corrected chi connectivity index (χ1v) is 9.14. The minimum absolute atomic E-state index is 0.123. The van der Waals surface area contributed by atoms with Gasteiger partial charge in [-0.05, 0) is 74.4 Å². The molecule has 1 aromatic rings. The number of benzene rings is 1. The molecule has 1 nitrogen and oxygen atoms in total. The maximum Gasteiger partial charge on any atom is 0.123 e. The zero-order chi connectivity index (χ0) is 15.1.